The van der Waals surface area contributed by atoms with E-state index >= 15 is 0 Å². The molecule has 1 aromatic carbocycles. The Morgan fingerprint density at radius 3 is 3.05 bits per heavy atom. The molecule has 2 aromatic rings. The van der Waals surface area contributed by atoms with E-state index in [1.807, 2.05) is 23.6 Å². The highest BCUT2D eigenvalue weighted by Gasteiger charge is 2.07. The molecular weight excluding hydrogens is 274 g/mol. The molecule has 0 radical (unpaired) electrons. The van der Waals surface area contributed by atoms with Crippen LogP contribution in [0.1, 0.15) is 12.0 Å². The molecule has 108 valence electrons. The zero-order valence-electron chi connectivity index (χ0n) is 11.7. The van der Waals surface area contributed by atoms with E-state index in [0.29, 0.717) is 30.9 Å². The fourth-order valence-corrected chi connectivity index (χ4v) is 2.39. The third kappa shape index (κ3) is 3.46. The van der Waals surface area contributed by atoms with Crippen molar-refractivity contribution in [3.05, 3.63) is 28.5 Å². The molecule has 0 atom stereocenters. The van der Waals surface area contributed by atoms with Gasteiger partial charge in [-0.1, -0.05) is 6.07 Å². The van der Waals surface area contributed by atoms with Crippen LogP contribution in [-0.4, -0.2) is 35.7 Å². The van der Waals surface area contributed by atoms with Gasteiger partial charge in [-0.3, -0.25) is 4.79 Å². The Balaban J connectivity index is 2.05. The van der Waals surface area contributed by atoms with E-state index in [1.165, 1.54) is 5.56 Å². The molecule has 0 fully saturated rings. The number of aromatic amines is 1. The van der Waals surface area contributed by atoms with E-state index in [9.17, 15) is 4.79 Å². The minimum absolute atomic E-state index is 0.00501. The molecule has 0 saturated heterocycles. The quantitative estimate of drug-likeness (QED) is 0.634. The first-order valence-electron chi connectivity index (χ1n) is 6.56. The van der Waals surface area contributed by atoms with Crippen LogP contribution in [0.15, 0.2) is 18.2 Å². The third-order valence-corrected chi connectivity index (χ3v) is 3.44. The van der Waals surface area contributed by atoms with Gasteiger partial charge in [-0.2, -0.15) is 0 Å². The van der Waals surface area contributed by atoms with E-state index < -0.39 is 0 Å². The summed E-state index contributed by atoms with van der Waals surface area (Å²) < 4.78 is 7.50. The maximum Gasteiger partial charge on any atom is 0.221 e. The summed E-state index contributed by atoms with van der Waals surface area (Å²) in [7, 11) is 1.61. The lowest BCUT2D eigenvalue weighted by atomic mass is 10.2. The van der Waals surface area contributed by atoms with Gasteiger partial charge in [0.25, 0.3) is 0 Å². The number of ether oxygens (including phenoxy) is 1. The number of aromatic nitrogens is 2. The molecular formula is C14H19N3O2S. The van der Waals surface area contributed by atoms with Crippen LogP contribution >= 0.6 is 12.2 Å². The van der Waals surface area contributed by atoms with Gasteiger partial charge in [0, 0.05) is 26.6 Å². The number of amides is 1. The molecule has 1 aromatic heterocycles. The van der Waals surface area contributed by atoms with Crippen LogP contribution in [0.2, 0.25) is 0 Å². The summed E-state index contributed by atoms with van der Waals surface area (Å²) >= 11 is 5.31. The van der Waals surface area contributed by atoms with Gasteiger partial charge in [0.05, 0.1) is 17.6 Å². The minimum atomic E-state index is 0.00501. The molecule has 0 aliphatic heterocycles. The summed E-state index contributed by atoms with van der Waals surface area (Å²) in [6.45, 7) is 3.67. The van der Waals surface area contributed by atoms with Gasteiger partial charge in [0.1, 0.15) is 0 Å². The van der Waals surface area contributed by atoms with E-state index in [0.717, 1.165) is 11.0 Å². The van der Waals surface area contributed by atoms with Gasteiger partial charge in [-0.05, 0) is 36.8 Å². The first-order chi connectivity index (χ1) is 9.61. The average molecular weight is 293 g/mol. The fourth-order valence-electron chi connectivity index (χ4n) is 2.09. The Morgan fingerprint density at radius 1 is 1.50 bits per heavy atom. The third-order valence-electron chi connectivity index (χ3n) is 3.12. The monoisotopic (exact) mass is 293 g/mol. The molecule has 0 saturated carbocycles. The Hall–Kier alpha value is -1.66. The molecule has 0 spiro atoms. The van der Waals surface area contributed by atoms with Crippen molar-refractivity contribution in [1.29, 1.82) is 0 Å². The Labute approximate surface area is 122 Å². The summed E-state index contributed by atoms with van der Waals surface area (Å²) in [6.07, 6.45) is 0.402. The van der Waals surface area contributed by atoms with Crippen molar-refractivity contribution >= 4 is 29.2 Å². The molecule has 5 nitrogen and oxygen atoms in total. The van der Waals surface area contributed by atoms with Crippen LogP contribution in [0.25, 0.3) is 11.0 Å². The first-order valence-corrected chi connectivity index (χ1v) is 6.97. The number of fused-ring (bicyclic) bond motifs is 1. The van der Waals surface area contributed by atoms with Crippen LogP contribution in [-0.2, 0) is 16.1 Å². The van der Waals surface area contributed by atoms with Crippen LogP contribution in [0.4, 0.5) is 0 Å². The predicted molar refractivity (Wildman–Crippen MR) is 81.4 cm³/mol. The summed E-state index contributed by atoms with van der Waals surface area (Å²) in [5.74, 6) is 0.00501. The zero-order chi connectivity index (χ0) is 14.5. The topological polar surface area (TPSA) is 59.0 Å². The van der Waals surface area contributed by atoms with Crippen molar-refractivity contribution in [3.63, 3.8) is 0 Å². The number of imidazole rings is 1. The molecule has 1 amide bonds. The van der Waals surface area contributed by atoms with Crippen LogP contribution in [0.3, 0.4) is 0 Å². The smallest absolute Gasteiger partial charge is 0.221 e. The van der Waals surface area contributed by atoms with E-state index in [2.05, 4.69) is 16.4 Å². The highest BCUT2D eigenvalue weighted by Crippen LogP contribution is 2.16. The Bertz CT molecular complexity index is 660. The van der Waals surface area contributed by atoms with Crippen molar-refractivity contribution < 1.29 is 9.53 Å². The number of carbonyl (C=O) groups excluding carboxylic acids is 1. The van der Waals surface area contributed by atoms with Gasteiger partial charge in [-0.15, -0.1) is 0 Å². The SMILES string of the molecule is COCCNC(=O)CCn1c(=S)[nH]c2cc(C)ccc21. The molecule has 0 aliphatic rings. The maximum absolute atomic E-state index is 11.7. The van der Waals surface area contributed by atoms with Crippen molar-refractivity contribution in [2.75, 3.05) is 20.3 Å². The summed E-state index contributed by atoms with van der Waals surface area (Å²) in [4.78, 5) is 14.9. The lowest BCUT2D eigenvalue weighted by Gasteiger charge is -2.06. The van der Waals surface area contributed by atoms with Crippen LogP contribution < -0.4 is 5.32 Å². The highest BCUT2D eigenvalue weighted by molar-refractivity contribution is 7.71. The zero-order valence-corrected chi connectivity index (χ0v) is 12.5. The van der Waals surface area contributed by atoms with E-state index in [-0.39, 0.29) is 5.91 Å². The van der Waals surface area contributed by atoms with E-state index in [1.54, 1.807) is 7.11 Å². The van der Waals surface area contributed by atoms with Gasteiger partial charge in [0.15, 0.2) is 4.77 Å². The molecule has 6 heteroatoms. The summed E-state index contributed by atoms with van der Waals surface area (Å²) in [6, 6.07) is 6.13. The number of benzene rings is 1. The number of nitrogens with one attached hydrogen (secondary N) is 2. The number of carbonyl (C=O) groups is 1. The number of hydrogen-bond donors (Lipinski definition) is 2. The number of nitrogens with zero attached hydrogens (tertiary/aromatic N) is 1. The number of methoxy groups -OCH3 is 1. The minimum Gasteiger partial charge on any atom is -0.383 e. The number of rotatable bonds is 6. The Kier molecular flexibility index (Phi) is 4.92. The van der Waals surface area contributed by atoms with Gasteiger partial charge < -0.3 is 19.6 Å². The van der Waals surface area contributed by atoms with Crippen LogP contribution in [0.5, 0.6) is 0 Å². The van der Waals surface area contributed by atoms with Crippen molar-refractivity contribution in [2.24, 2.45) is 0 Å². The molecule has 2 N–H and O–H groups in total. The van der Waals surface area contributed by atoms with Crippen LogP contribution in [0, 0.1) is 11.7 Å². The lowest BCUT2D eigenvalue weighted by Crippen LogP contribution is -2.27. The fraction of sp³-hybridized carbons (Fsp3) is 0.429. The van der Waals surface area contributed by atoms with E-state index in [4.69, 9.17) is 17.0 Å². The van der Waals surface area contributed by atoms with Crippen molar-refractivity contribution in [2.45, 2.75) is 19.9 Å². The normalized spacial score (nSPS) is 10.9. The van der Waals surface area contributed by atoms with Gasteiger partial charge in [0.2, 0.25) is 5.91 Å². The molecule has 1 heterocycles. The molecule has 0 aliphatic carbocycles. The highest BCUT2D eigenvalue weighted by atomic mass is 32.1. The average Bonchev–Trinajstić information content (AvgIpc) is 2.71. The second-order valence-corrected chi connectivity index (χ2v) is 5.08. The van der Waals surface area contributed by atoms with Gasteiger partial charge in [-0.25, -0.2) is 0 Å². The second kappa shape index (κ2) is 6.67. The molecule has 0 bridgehead atoms. The van der Waals surface area contributed by atoms with Crippen molar-refractivity contribution in [1.82, 2.24) is 14.9 Å². The molecule has 2 rings (SSSR count). The maximum atomic E-state index is 11.7. The number of H-pyrrole nitrogens is 1. The lowest BCUT2D eigenvalue weighted by molar-refractivity contribution is -0.121. The number of aryl methyl sites for hydroxylation is 2. The Morgan fingerprint density at radius 2 is 2.30 bits per heavy atom. The van der Waals surface area contributed by atoms with Gasteiger partial charge >= 0.3 is 0 Å². The number of hydrogen-bond acceptors (Lipinski definition) is 3. The molecule has 20 heavy (non-hydrogen) atoms. The standard InChI is InChI=1S/C14H19N3O2S/c1-10-3-4-12-11(9-10)16-14(20)17(12)7-5-13(18)15-6-8-19-2/h3-4,9H,5-8H2,1-2H3,(H,15,18)(H,16,20). The van der Waals surface area contributed by atoms with Crippen molar-refractivity contribution in [3.8, 4) is 0 Å². The summed E-state index contributed by atoms with van der Waals surface area (Å²) in [5.41, 5.74) is 3.22. The summed E-state index contributed by atoms with van der Waals surface area (Å²) in [5, 5.41) is 2.80. The second-order valence-electron chi connectivity index (χ2n) is 4.70. The molecule has 0 unspecified atom stereocenters. The predicted octanol–water partition coefficient (Wildman–Crippen LogP) is 2.16. The largest absolute Gasteiger partial charge is 0.383 e. The first kappa shape index (κ1) is 14.7.